The minimum Gasteiger partial charge on any atom is -0.408 e. The highest BCUT2D eigenvalue weighted by Crippen LogP contribution is 2.18. The molecule has 0 spiro atoms. The third-order valence-corrected chi connectivity index (χ3v) is 7.25. The first-order valence-electron chi connectivity index (χ1n) is 10.2. The average Bonchev–Trinajstić information content (AvgIpc) is 3.05. The molecule has 0 aliphatic carbocycles. The summed E-state index contributed by atoms with van der Waals surface area (Å²) in [4.78, 5) is 24.4. The van der Waals surface area contributed by atoms with Crippen molar-refractivity contribution in [2.24, 2.45) is 7.05 Å². The number of rotatable bonds is 10. The molecule has 0 saturated heterocycles. The van der Waals surface area contributed by atoms with Crippen LogP contribution < -0.4 is 15.8 Å². The molecule has 0 aliphatic rings. The number of aromatic nitrogens is 1. The number of nitrogens with zero attached hydrogens (tertiary/aromatic N) is 1. The van der Waals surface area contributed by atoms with E-state index in [1.54, 1.807) is 7.05 Å². The van der Waals surface area contributed by atoms with Crippen molar-refractivity contribution >= 4 is 38.8 Å². The molecule has 10 heteroatoms. The first-order valence-corrected chi connectivity index (χ1v) is 13.0. The van der Waals surface area contributed by atoms with Crippen LogP contribution in [0.1, 0.15) is 17.5 Å². The minimum atomic E-state index is -4.00. The summed E-state index contributed by atoms with van der Waals surface area (Å²) in [6, 6.07) is 11.3. The van der Waals surface area contributed by atoms with Crippen LogP contribution in [-0.4, -0.2) is 43.5 Å². The van der Waals surface area contributed by atoms with Crippen molar-refractivity contribution in [3.63, 3.8) is 0 Å². The highest BCUT2D eigenvalue weighted by Gasteiger charge is 2.26. The summed E-state index contributed by atoms with van der Waals surface area (Å²) in [7, 11) is -2.46. The summed E-state index contributed by atoms with van der Waals surface area (Å²) in [6.07, 6.45) is 2.89. The average molecular weight is 478 g/mol. The van der Waals surface area contributed by atoms with E-state index in [-0.39, 0.29) is 16.4 Å². The molecule has 0 bridgehead atoms. The minimum absolute atomic E-state index is 0.0686. The maximum Gasteiger partial charge on any atom is 0.419 e. The second-order valence-electron chi connectivity index (χ2n) is 7.54. The number of oxazole rings is 1. The molecule has 0 aliphatic heterocycles. The van der Waals surface area contributed by atoms with Gasteiger partial charge in [-0.2, -0.15) is 16.5 Å². The molecule has 3 aromatic rings. The molecule has 2 N–H and O–H groups in total. The Kier molecular flexibility index (Phi) is 7.81. The van der Waals surface area contributed by atoms with Crippen LogP contribution in [0.4, 0.5) is 0 Å². The Morgan fingerprint density at radius 2 is 1.91 bits per heavy atom. The van der Waals surface area contributed by atoms with Gasteiger partial charge in [0, 0.05) is 19.7 Å². The Morgan fingerprint density at radius 3 is 2.59 bits per heavy atom. The molecule has 1 aromatic heterocycles. The van der Waals surface area contributed by atoms with Gasteiger partial charge in [-0.25, -0.2) is 13.2 Å². The van der Waals surface area contributed by atoms with Crippen LogP contribution in [0, 0.1) is 6.92 Å². The third kappa shape index (κ3) is 5.81. The lowest BCUT2D eigenvalue weighted by molar-refractivity contribution is -0.122. The lowest BCUT2D eigenvalue weighted by atomic mass is 10.1. The highest BCUT2D eigenvalue weighted by atomic mass is 32.2. The number of amides is 1. The van der Waals surface area contributed by atoms with E-state index < -0.39 is 21.8 Å². The number of hydrogen-bond acceptors (Lipinski definition) is 6. The lowest BCUT2D eigenvalue weighted by Crippen LogP contribution is -2.47. The molecule has 8 nitrogen and oxygen atoms in total. The topological polar surface area (TPSA) is 110 Å². The monoisotopic (exact) mass is 477 g/mol. The molecular weight excluding hydrogens is 450 g/mol. The number of benzene rings is 2. The summed E-state index contributed by atoms with van der Waals surface area (Å²) in [5, 5.41) is 2.83. The fourth-order valence-corrected chi connectivity index (χ4v) is 4.94. The van der Waals surface area contributed by atoms with E-state index in [1.807, 2.05) is 37.4 Å². The summed E-state index contributed by atoms with van der Waals surface area (Å²) in [6.45, 7) is 2.41. The van der Waals surface area contributed by atoms with E-state index in [4.69, 9.17) is 4.42 Å². The second-order valence-corrected chi connectivity index (χ2v) is 10.2. The normalized spacial score (nSPS) is 12.7. The fourth-order valence-electron chi connectivity index (χ4n) is 3.22. The standard InChI is InChI=1S/C22H27N3O5S2/c1-15-4-6-16(7-5-15)10-12-23-21(26)18(11-13-31-3)24-32(28,29)17-8-9-19-20(14-17)30-22(27)25(19)2/h4-9,14,18,24H,10-13H2,1-3H3,(H,23,26)/t18-/m1/s1. The van der Waals surface area contributed by atoms with E-state index in [0.717, 1.165) is 11.1 Å². The first kappa shape index (κ1) is 24.1. The van der Waals surface area contributed by atoms with Crippen molar-refractivity contribution in [3.05, 3.63) is 64.1 Å². The summed E-state index contributed by atoms with van der Waals surface area (Å²) >= 11 is 1.53. The summed E-state index contributed by atoms with van der Waals surface area (Å²) in [5.74, 6) is -0.333. The molecule has 32 heavy (non-hydrogen) atoms. The van der Waals surface area contributed by atoms with E-state index in [1.165, 1.54) is 34.5 Å². The number of sulfonamides is 1. The lowest BCUT2D eigenvalue weighted by Gasteiger charge is -2.18. The predicted octanol–water partition coefficient (Wildman–Crippen LogP) is 2.20. The van der Waals surface area contributed by atoms with Crippen molar-refractivity contribution in [1.29, 1.82) is 0 Å². The maximum atomic E-state index is 12.9. The van der Waals surface area contributed by atoms with Crippen molar-refractivity contribution in [2.45, 2.75) is 30.7 Å². The number of carbonyl (C=O) groups excluding carboxylic acids is 1. The quantitative estimate of drug-likeness (QED) is 0.463. The van der Waals surface area contributed by atoms with Gasteiger partial charge in [0.25, 0.3) is 0 Å². The second kappa shape index (κ2) is 10.4. The molecule has 0 saturated carbocycles. The molecule has 1 amide bonds. The van der Waals surface area contributed by atoms with Crippen LogP contribution >= 0.6 is 11.8 Å². The van der Waals surface area contributed by atoms with Crippen LogP contribution in [0.15, 0.2) is 56.6 Å². The maximum absolute atomic E-state index is 12.9. The molecule has 1 heterocycles. The molecule has 0 fully saturated rings. The largest absolute Gasteiger partial charge is 0.419 e. The van der Waals surface area contributed by atoms with Crippen molar-refractivity contribution in [1.82, 2.24) is 14.6 Å². The Balaban J connectivity index is 1.70. The number of nitrogens with one attached hydrogen (secondary N) is 2. The molecule has 3 rings (SSSR count). The van der Waals surface area contributed by atoms with Gasteiger partial charge in [-0.1, -0.05) is 29.8 Å². The Bertz CT molecular complexity index is 1250. The zero-order valence-electron chi connectivity index (χ0n) is 18.3. The van der Waals surface area contributed by atoms with Crippen LogP contribution in [0.2, 0.25) is 0 Å². The molecule has 172 valence electrons. The Morgan fingerprint density at radius 1 is 1.19 bits per heavy atom. The number of thioether (sulfide) groups is 1. The van der Waals surface area contributed by atoms with E-state index in [0.29, 0.717) is 30.7 Å². The van der Waals surface area contributed by atoms with Crippen LogP contribution in [0.25, 0.3) is 11.1 Å². The highest BCUT2D eigenvalue weighted by molar-refractivity contribution is 7.98. The van der Waals surface area contributed by atoms with Crippen LogP contribution in [0.5, 0.6) is 0 Å². The predicted molar refractivity (Wildman–Crippen MR) is 126 cm³/mol. The first-order chi connectivity index (χ1) is 15.2. The number of hydrogen-bond donors (Lipinski definition) is 2. The number of carbonyl (C=O) groups is 1. The Labute approximate surface area is 191 Å². The van der Waals surface area contributed by atoms with Gasteiger partial charge >= 0.3 is 5.76 Å². The van der Waals surface area contributed by atoms with Gasteiger partial charge in [-0.3, -0.25) is 9.36 Å². The van der Waals surface area contributed by atoms with Crippen molar-refractivity contribution < 1.29 is 17.6 Å². The SMILES string of the molecule is CSCC[C@@H](NS(=O)(=O)c1ccc2c(c1)oc(=O)n2C)C(=O)NCCc1ccc(C)cc1. The Hall–Kier alpha value is -2.56. The third-order valence-electron chi connectivity index (χ3n) is 5.13. The smallest absolute Gasteiger partial charge is 0.408 e. The zero-order valence-corrected chi connectivity index (χ0v) is 19.9. The summed E-state index contributed by atoms with van der Waals surface area (Å²) < 4.78 is 34.8. The van der Waals surface area contributed by atoms with E-state index >= 15 is 0 Å². The molecule has 1 atom stereocenters. The van der Waals surface area contributed by atoms with Gasteiger partial charge in [-0.15, -0.1) is 0 Å². The number of aryl methyl sites for hydroxylation is 2. The van der Waals surface area contributed by atoms with E-state index in [9.17, 15) is 18.0 Å². The zero-order chi connectivity index (χ0) is 23.3. The van der Waals surface area contributed by atoms with Crippen LogP contribution in [0.3, 0.4) is 0 Å². The van der Waals surface area contributed by atoms with Crippen molar-refractivity contribution in [2.75, 3.05) is 18.6 Å². The van der Waals surface area contributed by atoms with Crippen LogP contribution in [-0.2, 0) is 28.3 Å². The number of fused-ring (bicyclic) bond motifs is 1. The van der Waals surface area contributed by atoms with Gasteiger partial charge < -0.3 is 9.73 Å². The van der Waals surface area contributed by atoms with Gasteiger partial charge in [0.2, 0.25) is 15.9 Å². The van der Waals surface area contributed by atoms with Gasteiger partial charge in [0.15, 0.2) is 5.58 Å². The summed E-state index contributed by atoms with van der Waals surface area (Å²) in [5.41, 5.74) is 2.91. The fraction of sp³-hybridized carbons (Fsp3) is 0.364. The van der Waals surface area contributed by atoms with Gasteiger partial charge in [0.1, 0.15) is 6.04 Å². The van der Waals surface area contributed by atoms with Gasteiger partial charge in [-0.05, 0) is 49.5 Å². The molecular formula is C22H27N3O5S2. The van der Waals surface area contributed by atoms with Crippen molar-refractivity contribution in [3.8, 4) is 0 Å². The molecule has 0 radical (unpaired) electrons. The molecule has 0 unspecified atom stereocenters. The van der Waals surface area contributed by atoms with E-state index in [2.05, 4.69) is 10.0 Å². The van der Waals surface area contributed by atoms with Gasteiger partial charge in [0.05, 0.1) is 10.4 Å². The molecule has 2 aromatic carbocycles.